The van der Waals surface area contributed by atoms with Crippen molar-refractivity contribution in [1.29, 1.82) is 0 Å². The van der Waals surface area contributed by atoms with Gasteiger partial charge in [0, 0.05) is 17.3 Å². The molecular formula is C15H18N2OS. The summed E-state index contributed by atoms with van der Waals surface area (Å²) in [5.74, 6) is -0.129. The van der Waals surface area contributed by atoms with E-state index in [2.05, 4.69) is 11.4 Å². The third-order valence-corrected chi connectivity index (χ3v) is 3.82. The average Bonchev–Trinajstić information content (AvgIpc) is 2.91. The van der Waals surface area contributed by atoms with E-state index in [4.69, 9.17) is 5.73 Å². The van der Waals surface area contributed by atoms with Crippen molar-refractivity contribution in [2.24, 2.45) is 5.73 Å². The van der Waals surface area contributed by atoms with Crippen LogP contribution in [0.2, 0.25) is 0 Å². The molecular weight excluding hydrogens is 256 g/mol. The monoisotopic (exact) mass is 274 g/mol. The highest BCUT2D eigenvalue weighted by Crippen LogP contribution is 2.13. The lowest BCUT2D eigenvalue weighted by molar-refractivity contribution is -0.123. The van der Waals surface area contributed by atoms with E-state index in [0.29, 0.717) is 0 Å². The molecule has 0 fully saturated rings. The zero-order valence-electron chi connectivity index (χ0n) is 10.9. The van der Waals surface area contributed by atoms with Crippen LogP contribution in [0, 0.1) is 0 Å². The SMILES string of the molecule is CC(Cc1cccs1)NC(=O)[C@H](N)c1ccccc1. The topological polar surface area (TPSA) is 55.1 Å². The quantitative estimate of drug-likeness (QED) is 0.880. The second-order valence-electron chi connectivity index (χ2n) is 4.58. The maximum absolute atomic E-state index is 12.0. The van der Waals surface area contributed by atoms with E-state index in [9.17, 15) is 4.79 Å². The van der Waals surface area contributed by atoms with E-state index in [1.54, 1.807) is 11.3 Å². The number of nitrogens with one attached hydrogen (secondary N) is 1. The second-order valence-corrected chi connectivity index (χ2v) is 5.61. The van der Waals surface area contributed by atoms with Gasteiger partial charge in [0.05, 0.1) is 0 Å². The number of nitrogens with two attached hydrogens (primary N) is 1. The molecule has 19 heavy (non-hydrogen) atoms. The molecule has 0 aliphatic rings. The van der Waals surface area contributed by atoms with Gasteiger partial charge in [0.25, 0.3) is 0 Å². The molecule has 1 aromatic carbocycles. The molecule has 100 valence electrons. The fourth-order valence-electron chi connectivity index (χ4n) is 1.93. The Morgan fingerprint density at radius 2 is 2.00 bits per heavy atom. The average molecular weight is 274 g/mol. The highest BCUT2D eigenvalue weighted by molar-refractivity contribution is 7.09. The van der Waals surface area contributed by atoms with Gasteiger partial charge in [-0.25, -0.2) is 0 Å². The predicted molar refractivity (Wildman–Crippen MR) is 79.0 cm³/mol. The second kappa shape index (κ2) is 6.50. The molecule has 2 atom stereocenters. The number of benzene rings is 1. The summed E-state index contributed by atoms with van der Waals surface area (Å²) in [6.07, 6.45) is 0.838. The van der Waals surface area contributed by atoms with Crippen molar-refractivity contribution in [2.75, 3.05) is 0 Å². The summed E-state index contributed by atoms with van der Waals surface area (Å²) in [7, 11) is 0. The summed E-state index contributed by atoms with van der Waals surface area (Å²) in [5, 5.41) is 5.00. The summed E-state index contributed by atoms with van der Waals surface area (Å²) in [6.45, 7) is 2.00. The molecule has 0 saturated heterocycles. The Hall–Kier alpha value is -1.65. The van der Waals surface area contributed by atoms with Gasteiger partial charge in [0.1, 0.15) is 6.04 Å². The fraction of sp³-hybridized carbons (Fsp3) is 0.267. The minimum Gasteiger partial charge on any atom is -0.352 e. The number of rotatable bonds is 5. The number of carbonyl (C=O) groups excluding carboxylic acids is 1. The third kappa shape index (κ3) is 3.91. The molecule has 1 unspecified atom stereocenters. The zero-order valence-corrected chi connectivity index (χ0v) is 11.7. The van der Waals surface area contributed by atoms with E-state index in [1.165, 1.54) is 4.88 Å². The summed E-state index contributed by atoms with van der Waals surface area (Å²) < 4.78 is 0. The lowest BCUT2D eigenvalue weighted by Gasteiger charge is -2.17. The molecule has 1 amide bonds. The van der Waals surface area contributed by atoms with Crippen molar-refractivity contribution in [3.8, 4) is 0 Å². The van der Waals surface area contributed by atoms with Crippen molar-refractivity contribution in [3.05, 3.63) is 58.3 Å². The van der Waals surface area contributed by atoms with Gasteiger partial charge >= 0.3 is 0 Å². The van der Waals surface area contributed by atoms with Gasteiger partial charge in [0.15, 0.2) is 0 Å². The van der Waals surface area contributed by atoms with Crippen molar-refractivity contribution in [1.82, 2.24) is 5.32 Å². The Bertz CT molecular complexity index is 510. The molecule has 2 aromatic rings. The Labute approximate surface area is 117 Å². The van der Waals surface area contributed by atoms with Gasteiger partial charge in [-0.05, 0) is 23.9 Å². The zero-order chi connectivity index (χ0) is 13.7. The largest absolute Gasteiger partial charge is 0.352 e. The maximum Gasteiger partial charge on any atom is 0.241 e. The number of hydrogen-bond acceptors (Lipinski definition) is 3. The number of carbonyl (C=O) groups is 1. The Balaban J connectivity index is 1.90. The number of hydrogen-bond donors (Lipinski definition) is 2. The van der Waals surface area contributed by atoms with Crippen LogP contribution in [0.3, 0.4) is 0 Å². The molecule has 0 bridgehead atoms. The Kier molecular flexibility index (Phi) is 4.71. The van der Waals surface area contributed by atoms with Gasteiger partial charge in [-0.1, -0.05) is 36.4 Å². The van der Waals surface area contributed by atoms with Gasteiger partial charge in [0.2, 0.25) is 5.91 Å². The molecule has 2 rings (SSSR count). The highest BCUT2D eigenvalue weighted by atomic mass is 32.1. The molecule has 0 radical (unpaired) electrons. The minimum absolute atomic E-state index is 0.0842. The summed E-state index contributed by atoms with van der Waals surface area (Å²) >= 11 is 1.70. The highest BCUT2D eigenvalue weighted by Gasteiger charge is 2.17. The van der Waals surface area contributed by atoms with Crippen LogP contribution in [-0.2, 0) is 11.2 Å². The van der Waals surface area contributed by atoms with E-state index in [0.717, 1.165) is 12.0 Å². The van der Waals surface area contributed by atoms with Crippen LogP contribution >= 0.6 is 11.3 Å². The standard InChI is InChI=1S/C15H18N2OS/c1-11(10-13-8-5-9-19-13)17-15(18)14(16)12-6-3-2-4-7-12/h2-9,11,14H,10,16H2,1H3,(H,17,18)/t11?,14-/m1/s1. The van der Waals surface area contributed by atoms with Gasteiger partial charge in [-0.3, -0.25) is 4.79 Å². The molecule has 4 heteroatoms. The van der Waals surface area contributed by atoms with Crippen molar-refractivity contribution >= 4 is 17.2 Å². The first-order valence-electron chi connectivity index (χ1n) is 6.30. The van der Waals surface area contributed by atoms with E-state index < -0.39 is 6.04 Å². The van der Waals surface area contributed by atoms with Gasteiger partial charge in [-0.2, -0.15) is 0 Å². The molecule has 0 saturated carbocycles. The first-order chi connectivity index (χ1) is 9.16. The first kappa shape index (κ1) is 13.8. The molecule has 1 heterocycles. The summed E-state index contributed by atoms with van der Waals surface area (Å²) in [4.78, 5) is 13.3. The fourth-order valence-corrected chi connectivity index (χ4v) is 2.76. The van der Waals surface area contributed by atoms with Crippen LogP contribution in [0.15, 0.2) is 47.8 Å². The molecule has 0 spiro atoms. The van der Waals surface area contributed by atoms with Crippen molar-refractivity contribution in [3.63, 3.8) is 0 Å². The molecule has 0 aliphatic heterocycles. The lowest BCUT2D eigenvalue weighted by Crippen LogP contribution is -2.40. The number of amides is 1. The third-order valence-electron chi connectivity index (χ3n) is 2.92. The summed E-state index contributed by atoms with van der Waals surface area (Å²) in [6, 6.07) is 13.0. The normalized spacial score (nSPS) is 13.8. The van der Waals surface area contributed by atoms with Crippen LogP contribution in [0.5, 0.6) is 0 Å². The van der Waals surface area contributed by atoms with Gasteiger partial charge < -0.3 is 11.1 Å². The van der Waals surface area contributed by atoms with Crippen molar-refractivity contribution < 1.29 is 4.79 Å². The van der Waals surface area contributed by atoms with Crippen LogP contribution in [-0.4, -0.2) is 11.9 Å². The maximum atomic E-state index is 12.0. The predicted octanol–water partition coefficient (Wildman–Crippen LogP) is 2.50. The lowest BCUT2D eigenvalue weighted by atomic mass is 10.1. The van der Waals surface area contributed by atoms with E-state index in [-0.39, 0.29) is 11.9 Å². The summed E-state index contributed by atoms with van der Waals surface area (Å²) in [5.41, 5.74) is 6.79. The minimum atomic E-state index is -0.605. The first-order valence-corrected chi connectivity index (χ1v) is 7.18. The van der Waals surface area contributed by atoms with Crippen LogP contribution in [0.1, 0.15) is 23.4 Å². The van der Waals surface area contributed by atoms with Crippen LogP contribution in [0.25, 0.3) is 0 Å². The Morgan fingerprint density at radius 3 is 2.63 bits per heavy atom. The molecule has 3 nitrogen and oxygen atoms in total. The van der Waals surface area contributed by atoms with Gasteiger partial charge in [-0.15, -0.1) is 11.3 Å². The number of thiophene rings is 1. The smallest absolute Gasteiger partial charge is 0.241 e. The molecule has 3 N–H and O–H groups in total. The van der Waals surface area contributed by atoms with E-state index >= 15 is 0 Å². The molecule has 0 aliphatic carbocycles. The van der Waals surface area contributed by atoms with Crippen LogP contribution < -0.4 is 11.1 Å². The Morgan fingerprint density at radius 1 is 1.26 bits per heavy atom. The van der Waals surface area contributed by atoms with Crippen LogP contribution in [0.4, 0.5) is 0 Å². The van der Waals surface area contributed by atoms with Crippen molar-refractivity contribution in [2.45, 2.75) is 25.4 Å². The molecule has 1 aromatic heterocycles. The van der Waals surface area contributed by atoms with E-state index in [1.807, 2.05) is 48.7 Å².